The molecule has 29 heavy (non-hydrogen) atoms. The van der Waals surface area contributed by atoms with Crippen LogP contribution in [0.1, 0.15) is 17.5 Å². The average Bonchev–Trinajstić information content (AvgIpc) is 3.21. The molecule has 0 bridgehead atoms. The fourth-order valence-corrected chi connectivity index (χ4v) is 3.93. The summed E-state index contributed by atoms with van der Waals surface area (Å²) in [5, 5.41) is 12.3. The van der Waals surface area contributed by atoms with E-state index >= 15 is 0 Å². The summed E-state index contributed by atoms with van der Waals surface area (Å²) in [7, 11) is 0. The zero-order valence-electron chi connectivity index (χ0n) is 15.3. The molecule has 0 unspecified atom stereocenters. The van der Waals surface area contributed by atoms with Crippen LogP contribution in [0.5, 0.6) is 0 Å². The van der Waals surface area contributed by atoms with Crippen LogP contribution in [-0.4, -0.2) is 18.5 Å². The van der Waals surface area contributed by atoms with Gasteiger partial charge in [-0.25, -0.2) is 0 Å². The summed E-state index contributed by atoms with van der Waals surface area (Å²) in [6, 6.07) is 21.5. The maximum absolute atomic E-state index is 6.14. The summed E-state index contributed by atoms with van der Waals surface area (Å²) in [5.41, 5.74) is 7.65. The topological polar surface area (TPSA) is 40.0 Å². The highest BCUT2D eigenvalue weighted by Gasteiger charge is 2.16. The molecule has 4 nitrogen and oxygen atoms in total. The van der Waals surface area contributed by atoms with Crippen molar-refractivity contribution in [2.24, 2.45) is 10.2 Å². The maximum atomic E-state index is 6.14. The first-order valence-electron chi connectivity index (χ1n) is 9.04. The number of nitrogens with zero attached hydrogens (tertiary/aromatic N) is 3. The minimum Gasteiger partial charge on any atom is -0.275 e. The number of anilines is 2. The van der Waals surface area contributed by atoms with Crippen molar-refractivity contribution in [2.45, 2.75) is 6.42 Å². The fraction of sp³-hybridized carbons (Fsp3) is 0.0909. The van der Waals surface area contributed by atoms with Gasteiger partial charge in [-0.1, -0.05) is 77.3 Å². The van der Waals surface area contributed by atoms with Gasteiger partial charge in [0.1, 0.15) is 0 Å². The number of halogens is 3. The van der Waals surface area contributed by atoms with Gasteiger partial charge in [-0.3, -0.25) is 10.4 Å². The molecule has 1 heterocycles. The smallest absolute Gasteiger partial charge is 0.0935 e. The lowest BCUT2D eigenvalue weighted by Crippen LogP contribution is -2.11. The van der Waals surface area contributed by atoms with Gasteiger partial charge in [-0.2, -0.15) is 10.2 Å². The molecule has 0 amide bonds. The molecule has 1 N–H and O–H groups in total. The highest BCUT2D eigenvalue weighted by atomic mass is 35.5. The molecule has 4 rings (SSSR count). The third-order valence-electron chi connectivity index (χ3n) is 4.50. The average molecular weight is 444 g/mol. The van der Waals surface area contributed by atoms with Crippen molar-refractivity contribution in [3.8, 4) is 0 Å². The van der Waals surface area contributed by atoms with E-state index in [0.29, 0.717) is 20.8 Å². The van der Waals surface area contributed by atoms with Gasteiger partial charge >= 0.3 is 0 Å². The van der Waals surface area contributed by atoms with E-state index in [1.807, 2.05) is 47.5 Å². The van der Waals surface area contributed by atoms with Crippen molar-refractivity contribution < 1.29 is 0 Å². The lowest BCUT2D eigenvalue weighted by atomic mass is 10.1. The minimum atomic E-state index is 0.413. The largest absolute Gasteiger partial charge is 0.275 e. The van der Waals surface area contributed by atoms with Crippen molar-refractivity contribution in [3.63, 3.8) is 0 Å². The molecule has 7 heteroatoms. The summed E-state index contributed by atoms with van der Waals surface area (Å²) in [6.45, 7) is 0.868. The summed E-state index contributed by atoms with van der Waals surface area (Å²) >= 11 is 18.2. The van der Waals surface area contributed by atoms with Gasteiger partial charge in [0, 0.05) is 18.0 Å². The first kappa shape index (κ1) is 19.8. The van der Waals surface area contributed by atoms with E-state index in [9.17, 15) is 0 Å². The lowest BCUT2D eigenvalue weighted by molar-refractivity contribution is 0.922. The number of hydrogen-bond donors (Lipinski definition) is 1. The molecular formula is C22H17Cl3N4. The Labute approximate surface area is 184 Å². The standard InChI is InChI=1S/C22H17Cl3N4/c23-17-12-19(24)22(20(25)13-17)27-26-14-15-6-8-18(9-7-15)29-11-10-21(28-29)16-4-2-1-3-5-16/h1-9,12-14,27H,10-11H2/b26-14+. The first-order chi connectivity index (χ1) is 14.1. The highest BCUT2D eigenvalue weighted by molar-refractivity contribution is 6.41. The van der Waals surface area contributed by atoms with Gasteiger partial charge in [0.25, 0.3) is 0 Å². The second-order valence-electron chi connectivity index (χ2n) is 6.49. The molecule has 0 aliphatic carbocycles. The van der Waals surface area contributed by atoms with Gasteiger partial charge in [0.05, 0.1) is 33.3 Å². The van der Waals surface area contributed by atoms with Crippen LogP contribution in [-0.2, 0) is 0 Å². The van der Waals surface area contributed by atoms with Crippen LogP contribution in [0.15, 0.2) is 76.9 Å². The predicted octanol–water partition coefficient (Wildman–Crippen LogP) is 6.71. The third kappa shape index (κ3) is 4.73. The molecule has 1 aliphatic heterocycles. The number of rotatable bonds is 5. The number of nitrogens with one attached hydrogen (secondary N) is 1. The molecule has 0 saturated heterocycles. The molecule has 0 aromatic heterocycles. The molecule has 3 aromatic carbocycles. The minimum absolute atomic E-state index is 0.413. The second-order valence-corrected chi connectivity index (χ2v) is 7.74. The van der Waals surface area contributed by atoms with E-state index in [1.165, 1.54) is 5.56 Å². The van der Waals surface area contributed by atoms with Crippen molar-refractivity contribution >= 4 is 58.1 Å². The number of benzene rings is 3. The lowest BCUT2D eigenvalue weighted by Gasteiger charge is -2.13. The summed E-state index contributed by atoms with van der Waals surface area (Å²) < 4.78 is 0. The van der Waals surface area contributed by atoms with E-state index < -0.39 is 0 Å². The SMILES string of the molecule is Clc1cc(Cl)c(N/N=C/c2ccc(N3CCC(c4ccccc4)=N3)cc2)c(Cl)c1. The van der Waals surface area contributed by atoms with E-state index in [0.717, 1.165) is 29.9 Å². The summed E-state index contributed by atoms with van der Waals surface area (Å²) in [5.74, 6) is 0. The van der Waals surface area contributed by atoms with Crippen molar-refractivity contribution in [1.29, 1.82) is 0 Å². The summed E-state index contributed by atoms with van der Waals surface area (Å²) in [4.78, 5) is 0. The normalized spacial score (nSPS) is 13.8. The molecule has 0 radical (unpaired) electrons. The molecule has 0 atom stereocenters. The van der Waals surface area contributed by atoms with Crippen LogP contribution in [0.25, 0.3) is 0 Å². The molecule has 146 valence electrons. The van der Waals surface area contributed by atoms with Crippen LogP contribution in [0, 0.1) is 0 Å². The molecular weight excluding hydrogens is 427 g/mol. The predicted molar refractivity (Wildman–Crippen MR) is 124 cm³/mol. The third-order valence-corrected chi connectivity index (χ3v) is 5.31. The molecule has 0 spiro atoms. The molecule has 0 saturated carbocycles. The van der Waals surface area contributed by atoms with Crippen LogP contribution in [0.3, 0.4) is 0 Å². The first-order valence-corrected chi connectivity index (χ1v) is 10.2. The monoisotopic (exact) mass is 442 g/mol. The summed E-state index contributed by atoms with van der Waals surface area (Å²) in [6.07, 6.45) is 2.63. The van der Waals surface area contributed by atoms with Crippen molar-refractivity contribution in [3.05, 3.63) is 92.9 Å². The van der Waals surface area contributed by atoms with Crippen LogP contribution in [0.2, 0.25) is 15.1 Å². The Bertz CT molecular complexity index is 1040. The molecule has 1 aliphatic rings. The van der Waals surface area contributed by atoms with E-state index in [1.54, 1.807) is 18.3 Å². The Morgan fingerprint density at radius 2 is 1.62 bits per heavy atom. The van der Waals surface area contributed by atoms with Gasteiger partial charge < -0.3 is 0 Å². The Balaban J connectivity index is 1.42. The van der Waals surface area contributed by atoms with Crippen LogP contribution in [0.4, 0.5) is 11.4 Å². The van der Waals surface area contributed by atoms with E-state index in [-0.39, 0.29) is 0 Å². The van der Waals surface area contributed by atoms with Crippen LogP contribution < -0.4 is 10.4 Å². The van der Waals surface area contributed by atoms with Gasteiger partial charge in [-0.05, 0) is 35.4 Å². The Morgan fingerprint density at radius 3 is 2.31 bits per heavy atom. The molecule has 0 fully saturated rings. The van der Waals surface area contributed by atoms with Gasteiger partial charge in [-0.15, -0.1) is 0 Å². The van der Waals surface area contributed by atoms with Crippen molar-refractivity contribution in [1.82, 2.24) is 0 Å². The number of hydrogen-bond acceptors (Lipinski definition) is 4. The van der Waals surface area contributed by atoms with E-state index in [2.05, 4.69) is 22.7 Å². The van der Waals surface area contributed by atoms with Gasteiger partial charge in [0.2, 0.25) is 0 Å². The number of hydrazone groups is 2. The Morgan fingerprint density at radius 1 is 0.931 bits per heavy atom. The van der Waals surface area contributed by atoms with Crippen LogP contribution >= 0.6 is 34.8 Å². The van der Waals surface area contributed by atoms with Crippen molar-refractivity contribution in [2.75, 3.05) is 17.0 Å². The highest BCUT2D eigenvalue weighted by Crippen LogP contribution is 2.33. The Hall–Kier alpha value is -2.53. The van der Waals surface area contributed by atoms with Gasteiger partial charge in [0.15, 0.2) is 0 Å². The second kappa shape index (κ2) is 8.87. The fourth-order valence-electron chi connectivity index (χ4n) is 3.03. The quantitative estimate of drug-likeness (QED) is 0.352. The zero-order chi connectivity index (χ0) is 20.2. The Kier molecular flexibility index (Phi) is 6.05. The van der Waals surface area contributed by atoms with E-state index in [4.69, 9.17) is 39.9 Å². The zero-order valence-corrected chi connectivity index (χ0v) is 17.6. The molecule has 3 aromatic rings. The maximum Gasteiger partial charge on any atom is 0.0935 e.